The zero-order chi connectivity index (χ0) is 16.3. The van der Waals surface area contributed by atoms with Gasteiger partial charge in [-0.2, -0.15) is 0 Å². The molecule has 2 N–H and O–H groups in total. The van der Waals surface area contributed by atoms with Crippen molar-refractivity contribution in [2.24, 2.45) is 10.9 Å². The first-order valence-corrected chi connectivity index (χ1v) is 8.61. The molecular formula is C18H29N3O2. The highest BCUT2D eigenvalue weighted by Crippen LogP contribution is 2.34. The van der Waals surface area contributed by atoms with E-state index in [-0.39, 0.29) is 6.10 Å². The molecule has 1 saturated heterocycles. The molecule has 2 unspecified atom stereocenters. The second-order valence-corrected chi connectivity index (χ2v) is 5.59. The van der Waals surface area contributed by atoms with Gasteiger partial charge in [0.2, 0.25) is 0 Å². The molecule has 0 spiro atoms. The van der Waals surface area contributed by atoms with E-state index >= 15 is 0 Å². The first-order valence-electron chi connectivity index (χ1n) is 8.61. The fourth-order valence-corrected chi connectivity index (χ4v) is 2.77. The lowest BCUT2D eigenvalue weighted by molar-refractivity contribution is 0.0925. The normalized spacial score (nSPS) is 21.4. The Morgan fingerprint density at radius 1 is 1.26 bits per heavy atom. The van der Waals surface area contributed by atoms with E-state index in [1.54, 1.807) is 0 Å². The van der Waals surface area contributed by atoms with Gasteiger partial charge in [0.05, 0.1) is 12.7 Å². The van der Waals surface area contributed by atoms with Gasteiger partial charge in [-0.05, 0) is 25.8 Å². The fourth-order valence-electron chi connectivity index (χ4n) is 2.77. The standard InChI is InChI=1S/C18H29N3O2/c1-3-19-18(20-11-13-22-4-2)21-14-16-10-12-23-17(16)15-8-6-5-7-9-15/h5-9,16-17H,3-4,10-14H2,1-2H3,(H2,19,20,21). The summed E-state index contributed by atoms with van der Waals surface area (Å²) in [6, 6.07) is 10.4. The van der Waals surface area contributed by atoms with Gasteiger partial charge >= 0.3 is 0 Å². The molecular weight excluding hydrogens is 290 g/mol. The van der Waals surface area contributed by atoms with E-state index in [2.05, 4.69) is 41.8 Å². The second kappa shape index (κ2) is 10.2. The number of aliphatic imine (C=N–C) groups is 1. The van der Waals surface area contributed by atoms with Gasteiger partial charge in [-0.1, -0.05) is 30.3 Å². The summed E-state index contributed by atoms with van der Waals surface area (Å²) in [5.74, 6) is 1.28. The molecule has 2 rings (SSSR count). The molecule has 1 heterocycles. The monoisotopic (exact) mass is 319 g/mol. The molecule has 1 aromatic carbocycles. The van der Waals surface area contributed by atoms with E-state index in [1.165, 1.54) is 5.56 Å². The number of nitrogens with one attached hydrogen (secondary N) is 2. The van der Waals surface area contributed by atoms with Crippen molar-refractivity contribution in [1.82, 2.24) is 10.6 Å². The maximum Gasteiger partial charge on any atom is 0.191 e. The second-order valence-electron chi connectivity index (χ2n) is 5.59. The molecule has 1 aliphatic rings. The molecule has 0 amide bonds. The van der Waals surface area contributed by atoms with E-state index in [4.69, 9.17) is 14.5 Å². The number of hydrogen-bond donors (Lipinski definition) is 2. The Labute approximate surface area is 139 Å². The average Bonchev–Trinajstić information content (AvgIpc) is 3.06. The van der Waals surface area contributed by atoms with Gasteiger partial charge in [-0.25, -0.2) is 0 Å². The van der Waals surface area contributed by atoms with Crippen LogP contribution >= 0.6 is 0 Å². The number of nitrogens with zero attached hydrogens (tertiary/aromatic N) is 1. The number of guanidine groups is 1. The number of benzene rings is 1. The van der Waals surface area contributed by atoms with E-state index in [1.807, 2.05) is 13.0 Å². The molecule has 0 radical (unpaired) electrons. The molecule has 1 aliphatic heterocycles. The minimum absolute atomic E-state index is 0.159. The molecule has 5 nitrogen and oxygen atoms in total. The molecule has 1 aromatic rings. The zero-order valence-corrected chi connectivity index (χ0v) is 14.3. The molecule has 0 aromatic heterocycles. The summed E-state index contributed by atoms with van der Waals surface area (Å²) in [4.78, 5) is 4.73. The summed E-state index contributed by atoms with van der Waals surface area (Å²) >= 11 is 0. The minimum Gasteiger partial charge on any atom is -0.380 e. The van der Waals surface area contributed by atoms with E-state index in [0.717, 1.165) is 45.2 Å². The largest absolute Gasteiger partial charge is 0.380 e. The number of rotatable bonds is 8. The highest BCUT2D eigenvalue weighted by atomic mass is 16.5. The van der Waals surface area contributed by atoms with Gasteiger partial charge in [0.1, 0.15) is 0 Å². The molecule has 2 atom stereocenters. The van der Waals surface area contributed by atoms with Crippen molar-refractivity contribution < 1.29 is 9.47 Å². The van der Waals surface area contributed by atoms with Crippen LogP contribution in [0.5, 0.6) is 0 Å². The molecule has 23 heavy (non-hydrogen) atoms. The number of ether oxygens (including phenoxy) is 2. The topological polar surface area (TPSA) is 54.9 Å². The Bertz CT molecular complexity index is 465. The SMILES string of the molecule is CCNC(=NCC1CCOC1c1ccccc1)NCCOCC. The summed E-state index contributed by atoms with van der Waals surface area (Å²) in [6.45, 7) is 8.71. The lowest BCUT2D eigenvalue weighted by atomic mass is 9.95. The summed E-state index contributed by atoms with van der Waals surface area (Å²) in [7, 11) is 0. The molecule has 0 saturated carbocycles. The summed E-state index contributed by atoms with van der Waals surface area (Å²) < 4.78 is 11.3. The first-order chi connectivity index (χ1) is 11.3. The van der Waals surface area contributed by atoms with E-state index in [9.17, 15) is 0 Å². The van der Waals surface area contributed by atoms with Crippen LogP contribution in [0.25, 0.3) is 0 Å². The number of hydrogen-bond acceptors (Lipinski definition) is 3. The minimum atomic E-state index is 0.159. The van der Waals surface area contributed by atoms with Crippen LogP contribution in [0.3, 0.4) is 0 Å². The van der Waals surface area contributed by atoms with Gasteiger partial charge in [0.25, 0.3) is 0 Å². The Balaban J connectivity index is 1.89. The lowest BCUT2D eigenvalue weighted by Crippen LogP contribution is -2.39. The van der Waals surface area contributed by atoms with Crippen molar-refractivity contribution in [1.29, 1.82) is 0 Å². The zero-order valence-electron chi connectivity index (χ0n) is 14.3. The maximum absolute atomic E-state index is 5.93. The van der Waals surface area contributed by atoms with Crippen LogP contribution in [-0.2, 0) is 9.47 Å². The van der Waals surface area contributed by atoms with Crippen LogP contribution in [0.2, 0.25) is 0 Å². The molecule has 1 fully saturated rings. The third kappa shape index (κ3) is 5.84. The summed E-state index contributed by atoms with van der Waals surface area (Å²) in [5, 5.41) is 6.59. The average molecular weight is 319 g/mol. The van der Waals surface area contributed by atoms with Crippen molar-refractivity contribution >= 4 is 5.96 Å². The highest BCUT2D eigenvalue weighted by molar-refractivity contribution is 5.79. The van der Waals surface area contributed by atoms with Crippen LogP contribution in [0.15, 0.2) is 35.3 Å². The lowest BCUT2D eigenvalue weighted by Gasteiger charge is -2.18. The van der Waals surface area contributed by atoms with Crippen LogP contribution in [0.1, 0.15) is 31.9 Å². The van der Waals surface area contributed by atoms with Crippen molar-refractivity contribution in [3.8, 4) is 0 Å². The Morgan fingerprint density at radius 3 is 2.83 bits per heavy atom. The molecule has 0 bridgehead atoms. The predicted octanol–water partition coefficient (Wildman–Crippen LogP) is 2.36. The third-order valence-electron chi connectivity index (χ3n) is 3.91. The molecule has 5 heteroatoms. The van der Waals surface area contributed by atoms with Crippen molar-refractivity contribution in [2.75, 3.05) is 39.5 Å². The van der Waals surface area contributed by atoms with Crippen molar-refractivity contribution in [3.63, 3.8) is 0 Å². The Hall–Kier alpha value is -1.59. The quantitative estimate of drug-likeness (QED) is 0.439. The third-order valence-corrected chi connectivity index (χ3v) is 3.91. The van der Waals surface area contributed by atoms with Gasteiger partial charge in [0.15, 0.2) is 5.96 Å². The fraction of sp³-hybridized carbons (Fsp3) is 0.611. The summed E-state index contributed by atoms with van der Waals surface area (Å²) in [6.07, 6.45) is 1.22. The van der Waals surface area contributed by atoms with E-state index < -0.39 is 0 Å². The van der Waals surface area contributed by atoms with Gasteiger partial charge in [-0.15, -0.1) is 0 Å². The van der Waals surface area contributed by atoms with Crippen molar-refractivity contribution in [2.45, 2.75) is 26.4 Å². The van der Waals surface area contributed by atoms with Crippen LogP contribution in [0.4, 0.5) is 0 Å². The van der Waals surface area contributed by atoms with Crippen molar-refractivity contribution in [3.05, 3.63) is 35.9 Å². The van der Waals surface area contributed by atoms with E-state index in [0.29, 0.717) is 12.5 Å². The molecule has 128 valence electrons. The van der Waals surface area contributed by atoms with Gasteiger partial charge < -0.3 is 20.1 Å². The van der Waals surface area contributed by atoms with Gasteiger partial charge in [0, 0.05) is 38.8 Å². The predicted molar refractivity (Wildman–Crippen MR) is 93.7 cm³/mol. The molecule has 0 aliphatic carbocycles. The van der Waals surface area contributed by atoms with Crippen LogP contribution < -0.4 is 10.6 Å². The summed E-state index contributed by atoms with van der Waals surface area (Å²) in [5.41, 5.74) is 1.25. The maximum atomic E-state index is 5.93. The van der Waals surface area contributed by atoms with Gasteiger partial charge in [-0.3, -0.25) is 4.99 Å². The Kier molecular flexibility index (Phi) is 7.90. The Morgan fingerprint density at radius 2 is 2.09 bits per heavy atom. The first kappa shape index (κ1) is 17.8. The smallest absolute Gasteiger partial charge is 0.191 e. The van der Waals surface area contributed by atoms with Crippen LogP contribution in [-0.4, -0.2) is 45.4 Å². The van der Waals surface area contributed by atoms with Crippen LogP contribution in [0, 0.1) is 5.92 Å². The highest BCUT2D eigenvalue weighted by Gasteiger charge is 2.29.